The number of fused-ring (bicyclic) bond motifs is 2. The highest BCUT2D eigenvalue weighted by Crippen LogP contribution is 2.44. The fourth-order valence-corrected chi connectivity index (χ4v) is 5.49. The molecule has 4 rings (SSSR count). The van der Waals surface area contributed by atoms with Crippen molar-refractivity contribution in [3.8, 4) is 0 Å². The lowest BCUT2D eigenvalue weighted by Gasteiger charge is -2.31. The maximum absolute atomic E-state index is 12.4. The summed E-state index contributed by atoms with van der Waals surface area (Å²) in [6.45, 7) is 7.64. The Morgan fingerprint density at radius 3 is 2.69 bits per heavy atom. The van der Waals surface area contributed by atoms with Gasteiger partial charge in [0.2, 0.25) is 0 Å². The lowest BCUT2D eigenvalue weighted by atomic mass is 9.79. The van der Waals surface area contributed by atoms with Crippen molar-refractivity contribution in [1.29, 1.82) is 0 Å². The zero-order valence-corrected chi connectivity index (χ0v) is 16.1. The van der Waals surface area contributed by atoms with E-state index in [-0.39, 0.29) is 6.03 Å². The van der Waals surface area contributed by atoms with Gasteiger partial charge in [-0.3, -0.25) is 0 Å². The Morgan fingerprint density at radius 2 is 1.88 bits per heavy atom. The van der Waals surface area contributed by atoms with E-state index < -0.39 is 0 Å². The molecule has 5 atom stereocenters. The molecule has 3 aliphatic rings. The van der Waals surface area contributed by atoms with Crippen LogP contribution in [0.3, 0.4) is 0 Å². The predicted octanol–water partition coefficient (Wildman–Crippen LogP) is 3.60. The average Bonchev–Trinajstić information content (AvgIpc) is 3.24. The summed E-state index contributed by atoms with van der Waals surface area (Å²) in [5.41, 5.74) is 2.92. The molecule has 142 valence electrons. The number of nitrogens with one attached hydrogen (secondary N) is 3. The summed E-state index contributed by atoms with van der Waals surface area (Å²) in [4.78, 5) is 12.4. The Labute approximate surface area is 157 Å². The Kier molecular flexibility index (Phi) is 5.21. The monoisotopic (exact) mass is 355 g/mol. The first-order valence-corrected chi connectivity index (χ1v) is 10.5. The van der Waals surface area contributed by atoms with E-state index in [0.29, 0.717) is 23.8 Å². The van der Waals surface area contributed by atoms with Gasteiger partial charge in [-0.05, 0) is 73.6 Å². The number of rotatable bonds is 4. The van der Waals surface area contributed by atoms with Gasteiger partial charge in [-0.1, -0.05) is 38.1 Å². The van der Waals surface area contributed by atoms with Crippen molar-refractivity contribution in [2.45, 2.75) is 57.4 Å². The second-order valence-corrected chi connectivity index (χ2v) is 8.95. The van der Waals surface area contributed by atoms with Crippen LogP contribution in [0.4, 0.5) is 4.79 Å². The van der Waals surface area contributed by atoms with Crippen molar-refractivity contribution >= 4 is 6.03 Å². The summed E-state index contributed by atoms with van der Waals surface area (Å²) in [7, 11) is 0. The van der Waals surface area contributed by atoms with Crippen LogP contribution in [-0.2, 0) is 0 Å². The van der Waals surface area contributed by atoms with Crippen molar-refractivity contribution < 1.29 is 4.79 Å². The van der Waals surface area contributed by atoms with Crippen LogP contribution >= 0.6 is 0 Å². The van der Waals surface area contributed by atoms with Crippen LogP contribution in [0.2, 0.25) is 0 Å². The summed E-state index contributed by atoms with van der Waals surface area (Å²) in [5, 5.41) is 9.90. The van der Waals surface area contributed by atoms with E-state index in [9.17, 15) is 4.79 Å². The number of hydrogen-bond acceptors (Lipinski definition) is 2. The van der Waals surface area contributed by atoms with Gasteiger partial charge in [0.05, 0.1) is 0 Å². The first-order chi connectivity index (χ1) is 12.6. The molecular weight excluding hydrogens is 322 g/mol. The zero-order valence-electron chi connectivity index (χ0n) is 16.1. The molecular formula is C22H33N3O. The lowest BCUT2D eigenvalue weighted by Crippen LogP contribution is -2.46. The van der Waals surface area contributed by atoms with Crippen molar-refractivity contribution in [2.24, 2.45) is 17.8 Å². The number of hydrogen-bond donors (Lipinski definition) is 3. The molecule has 4 heteroatoms. The van der Waals surface area contributed by atoms with E-state index in [0.717, 1.165) is 44.2 Å². The third kappa shape index (κ3) is 3.62. The molecule has 1 aromatic carbocycles. The molecule has 2 amide bonds. The van der Waals surface area contributed by atoms with Gasteiger partial charge in [0.15, 0.2) is 0 Å². The molecule has 1 saturated heterocycles. The highest BCUT2D eigenvalue weighted by Gasteiger charge is 2.35. The molecule has 1 aliphatic heterocycles. The van der Waals surface area contributed by atoms with Gasteiger partial charge in [0, 0.05) is 18.5 Å². The highest BCUT2D eigenvalue weighted by molar-refractivity contribution is 5.74. The summed E-state index contributed by atoms with van der Waals surface area (Å²) >= 11 is 0. The Bertz CT molecular complexity index is 644. The maximum atomic E-state index is 12.4. The molecule has 2 aliphatic carbocycles. The fraction of sp³-hybridized carbons (Fsp3) is 0.682. The van der Waals surface area contributed by atoms with Crippen LogP contribution in [0.5, 0.6) is 0 Å². The topological polar surface area (TPSA) is 53.2 Å². The van der Waals surface area contributed by atoms with Crippen LogP contribution in [0.25, 0.3) is 0 Å². The van der Waals surface area contributed by atoms with Gasteiger partial charge in [-0.25, -0.2) is 4.79 Å². The molecule has 3 N–H and O–H groups in total. The minimum Gasteiger partial charge on any atom is -0.338 e. The molecule has 0 bridgehead atoms. The number of carbonyl (C=O) groups excluding carboxylic acids is 1. The number of urea groups is 1. The molecule has 0 spiro atoms. The van der Waals surface area contributed by atoms with Crippen molar-refractivity contribution in [3.05, 3.63) is 35.4 Å². The van der Waals surface area contributed by atoms with E-state index in [1.54, 1.807) is 0 Å². The van der Waals surface area contributed by atoms with Gasteiger partial charge in [0.1, 0.15) is 0 Å². The molecule has 4 nitrogen and oxygen atoms in total. The smallest absolute Gasteiger partial charge is 0.315 e. The van der Waals surface area contributed by atoms with Crippen LogP contribution in [-0.4, -0.2) is 31.7 Å². The number of benzene rings is 1. The van der Waals surface area contributed by atoms with Gasteiger partial charge in [0.25, 0.3) is 0 Å². The maximum Gasteiger partial charge on any atom is 0.315 e. The van der Waals surface area contributed by atoms with E-state index in [4.69, 9.17) is 0 Å². The molecule has 0 radical (unpaired) electrons. The minimum atomic E-state index is 0.0184. The molecule has 2 fully saturated rings. The third-order valence-electron chi connectivity index (χ3n) is 6.98. The number of carbonyl (C=O) groups is 1. The first-order valence-electron chi connectivity index (χ1n) is 10.5. The van der Waals surface area contributed by atoms with E-state index in [2.05, 4.69) is 54.1 Å². The van der Waals surface area contributed by atoms with Crippen LogP contribution in [0, 0.1) is 17.8 Å². The average molecular weight is 356 g/mol. The van der Waals surface area contributed by atoms with Gasteiger partial charge in [-0.2, -0.15) is 0 Å². The van der Waals surface area contributed by atoms with Gasteiger partial charge in [-0.15, -0.1) is 0 Å². The molecule has 0 aromatic heterocycles. The summed E-state index contributed by atoms with van der Waals surface area (Å²) in [6, 6.07) is 9.15. The van der Waals surface area contributed by atoms with E-state index in [1.807, 2.05) is 0 Å². The molecule has 3 unspecified atom stereocenters. The van der Waals surface area contributed by atoms with Crippen LogP contribution in [0.1, 0.15) is 62.5 Å². The molecule has 1 aromatic rings. The summed E-state index contributed by atoms with van der Waals surface area (Å²) < 4.78 is 0. The van der Waals surface area contributed by atoms with E-state index in [1.165, 1.54) is 24.1 Å². The second kappa shape index (κ2) is 7.59. The fourth-order valence-electron chi connectivity index (χ4n) is 5.49. The molecule has 26 heavy (non-hydrogen) atoms. The quantitative estimate of drug-likeness (QED) is 0.773. The predicted molar refractivity (Wildman–Crippen MR) is 105 cm³/mol. The second-order valence-electron chi connectivity index (χ2n) is 8.95. The summed E-state index contributed by atoms with van der Waals surface area (Å²) in [5.74, 6) is 3.29. The van der Waals surface area contributed by atoms with Crippen LogP contribution < -0.4 is 16.0 Å². The normalized spacial score (nSPS) is 33.0. The van der Waals surface area contributed by atoms with Gasteiger partial charge >= 0.3 is 6.03 Å². The first kappa shape index (κ1) is 17.8. The Morgan fingerprint density at radius 1 is 1.12 bits per heavy atom. The minimum absolute atomic E-state index is 0.0184. The van der Waals surface area contributed by atoms with Crippen molar-refractivity contribution in [2.75, 3.05) is 19.6 Å². The number of amides is 2. The lowest BCUT2D eigenvalue weighted by molar-refractivity contribution is 0.215. The Hall–Kier alpha value is -1.55. The zero-order chi connectivity index (χ0) is 18.1. The van der Waals surface area contributed by atoms with E-state index >= 15 is 0 Å². The van der Waals surface area contributed by atoms with Gasteiger partial charge < -0.3 is 16.0 Å². The van der Waals surface area contributed by atoms with Crippen LogP contribution in [0.15, 0.2) is 24.3 Å². The summed E-state index contributed by atoms with van der Waals surface area (Å²) in [6.07, 6.45) is 4.65. The molecule has 1 heterocycles. The van der Waals surface area contributed by atoms with Crippen molar-refractivity contribution in [1.82, 2.24) is 16.0 Å². The molecule has 1 saturated carbocycles. The standard InChI is InChI=1S/C22H33N3O/c1-14(2)21-10-17(19-5-3-4-6-20(19)21)13-24-22(26)25-18-8-7-15-11-23-12-16(15)9-18/h3-6,14-18,21,23H,7-13H2,1-2H3,(H2,24,25,26)/t15?,16?,17-,18?,21-/m0/s1. The van der Waals surface area contributed by atoms with Crippen molar-refractivity contribution in [3.63, 3.8) is 0 Å². The SMILES string of the molecule is CC(C)[C@@H]1C[C@@H](CNC(=O)NC2CCC3CNCC3C2)c2ccccc21. The Balaban J connectivity index is 1.29. The third-order valence-corrected chi connectivity index (χ3v) is 6.98. The largest absolute Gasteiger partial charge is 0.338 e. The highest BCUT2D eigenvalue weighted by atomic mass is 16.2.